The molecule has 0 aliphatic heterocycles. The predicted octanol–water partition coefficient (Wildman–Crippen LogP) is 3.84. The first-order chi connectivity index (χ1) is 8.97. The van der Waals surface area contributed by atoms with Gasteiger partial charge >= 0.3 is 5.97 Å². The van der Waals surface area contributed by atoms with E-state index in [2.05, 4.69) is 30.7 Å². The van der Waals surface area contributed by atoms with Crippen LogP contribution in [0.2, 0.25) is 5.02 Å². The normalized spacial score (nSPS) is 10.8. The SMILES string of the molecule is CCCCCN(c1cc(C(=O)O)c(Cl)cn1)C(C)C. The number of pyridine rings is 1. The number of halogens is 1. The van der Waals surface area contributed by atoms with Crippen molar-refractivity contribution in [1.29, 1.82) is 0 Å². The standard InChI is InChI=1S/C14H21ClN2O2/c1-4-5-6-7-17(10(2)3)13-8-11(14(18)19)12(15)9-16-13/h8-10H,4-7H2,1-3H3,(H,18,19). The first-order valence-electron chi connectivity index (χ1n) is 6.62. The number of hydrogen-bond donors (Lipinski definition) is 1. The van der Waals surface area contributed by atoms with Gasteiger partial charge in [-0.3, -0.25) is 0 Å². The van der Waals surface area contributed by atoms with Gasteiger partial charge in [-0.25, -0.2) is 9.78 Å². The van der Waals surface area contributed by atoms with Gasteiger partial charge in [-0.2, -0.15) is 0 Å². The van der Waals surface area contributed by atoms with Crippen molar-refractivity contribution in [1.82, 2.24) is 4.98 Å². The zero-order chi connectivity index (χ0) is 14.4. The molecule has 0 radical (unpaired) electrons. The molecule has 19 heavy (non-hydrogen) atoms. The molecule has 5 heteroatoms. The number of aromatic carboxylic acids is 1. The Labute approximate surface area is 119 Å². The third-order valence-electron chi connectivity index (χ3n) is 2.99. The van der Waals surface area contributed by atoms with Gasteiger partial charge in [-0.15, -0.1) is 0 Å². The molecule has 106 valence electrons. The first-order valence-corrected chi connectivity index (χ1v) is 7.00. The quantitative estimate of drug-likeness (QED) is 0.773. The fourth-order valence-corrected chi connectivity index (χ4v) is 2.10. The molecule has 0 atom stereocenters. The van der Waals surface area contributed by atoms with E-state index in [1.807, 2.05) is 0 Å². The molecule has 0 bridgehead atoms. The molecule has 4 nitrogen and oxygen atoms in total. The summed E-state index contributed by atoms with van der Waals surface area (Å²) in [6.07, 6.45) is 4.79. The van der Waals surface area contributed by atoms with Gasteiger partial charge in [-0.05, 0) is 26.3 Å². The minimum atomic E-state index is -1.02. The maximum absolute atomic E-state index is 11.1. The molecule has 1 aromatic heterocycles. The van der Waals surface area contributed by atoms with Crippen LogP contribution in [0.3, 0.4) is 0 Å². The van der Waals surface area contributed by atoms with Crippen LogP contribution in [0.4, 0.5) is 5.82 Å². The number of aromatic nitrogens is 1. The molecule has 0 spiro atoms. The second-order valence-corrected chi connectivity index (χ2v) is 5.23. The second kappa shape index (κ2) is 7.34. The summed E-state index contributed by atoms with van der Waals surface area (Å²) in [7, 11) is 0. The van der Waals surface area contributed by atoms with Crippen molar-refractivity contribution in [2.75, 3.05) is 11.4 Å². The average Bonchev–Trinajstić information content (AvgIpc) is 2.35. The van der Waals surface area contributed by atoms with Crippen LogP contribution in [-0.4, -0.2) is 28.6 Å². The predicted molar refractivity (Wildman–Crippen MR) is 78.2 cm³/mol. The van der Waals surface area contributed by atoms with Gasteiger partial charge in [0.25, 0.3) is 0 Å². The molecule has 0 unspecified atom stereocenters. The molecule has 1 rings (SSSR count). The zero-order valence-corrected chi connectivity index (χ0v) is 12.4. The number of carbonyl (C=O) groups is 1. The third kappa shape index (κ3) is 4.39. The van der Waals surface area contributed by atoms with E-state index in [0.29, 0.717) is 5.82 Å². The maximum Gasteiger partial charge on any atom is 0.337 e. The van der Waals surface area contributed by atoms with Crippen LogP contribution >= 0.6 is 11.6 Å². The van der Waals surface area contributed by atoms with Crippen LogP contribution in [0.5, 0.6) is 0 Å². The summed E-state index contributed by atoms with van der Waals surface area (Å²) in [5.74, 6) is -0.348. The van der Waals surface area contributed by atoms with Crippen LogP contribution < -0.4 is 4.90 Å². The first kappa shape index (κ1) is 15.8. The molecular formula is C14H21ClN2O2. The molecule has 0 aliphatic carbocycles. The van der Waals surface area contributed by atoms with Gasteiger partial charge in [-0.1, -0.05) is 31.4 Å². The molecule has 0 fully saturated rings. The summed E-state index contributed by atoms with van der Waals surface area (Å²) < 4.78 is 0. The topological polar surface area (TPSA) is 53.4 Å². The number of anilines is 1. The molecular weight excluding hydrogens is 264 g/mol. The van der Waals surface area contributed by atoms with E-state index >= 15 is 0 Å². The lowest BCUT2D eigenvalue weighted by molar-refractivity contribution is 0.0697. The fourth-order valence-electron chi connectivity index (χ4n) is 1.92. The van der Waals surface area contributed by atoms with E-state index in [9.17, 15) is 4.79 Å². The summed E-state index contributed by atoms with van der Waals surface area (Å²) in [4.78, 5) is 17.5. The summed E-state index contributed by atoms with van der Waals surface area (Å²) in [6.45, 7) is 7.17. The number of rotatable bonds is 7. The van der Waals surface area contributed by atoms with Crippen molar-refractivity contribution in [3.8, 4) is 0 Å². The molecule has 0 amide bonds. The summed E-state index contributed by atoms with van der Waals surface area (Å²) in [5.41, 5.74) is 0.104. The van der Waals surface area contributed by atoms with Crippen molar-refractivity contribution < 1.29 is 9.90 Å². The van der Waals surface area contributed by atoms with Gasteiger partial charge in [0.2, 0.25) is 0 Å². The molecule has 0 saturated carbocycles. The number of nitrogens with zero attached hydrogens (tertiary/aromatic N) is 2. The van der Waals surface area contributed by atoms with E-state index in [1.165, 1.54) is 6.20 Å². The number of carboxylic acid groups (broad SMARTS) is 1. The molecule has 1 N–H and O–H groups in total. The highest BCUT2D eigenvalue weighted by molar-refractivity contribution is 6.33. The molecule has 0 aromatic carbocycles. The Hall–Kier alpha value is -1.29. The van der Waals surface area contributed by atoms with E-state index in [0.717, 1.165) is 25.8 Å². The van der Waals surface area contributed by atoms with E-state index in [-0.39, 0.29) is 16.6 Å². The smallest absolute Gasteiger partial charge is 0.337 e. The van der Waals surface area contributed by atoms with Crippen molar-refractivity contribution in [3.63, 3.8) is 0 Å². The Kier molecular flexibility index (Phi) is 6.09. The van der Waals surface area contributed by atoms with Crippen molar-refractivity contribution in [2.24, 2.45) is 0 Å². The Morgan fingerprint density at radius 1 is 1.47 bits per heavy atom. The fraction of sp³-hybridized carbons (Fsp3) is 0.571. The van der Waals surface area contributed by atoms with Crippen molar-refractivity contribution in [3.05, 3.63) is 22.8 Å². The lowest BCUT2D eigenvalue weighted by Gasteiger charge is -2.28. The van der Waals surface area contributed by atoms with E-state index in [4.69, 9.17) is 16.7 Å². The van der Waals surface area contributed by atoms with Crippen LogP contribution in [0, 0.1) is 0 Å². The molecule has 0 saturated heterocycles. The monoisotopic (exact) mass is 284 g/mol. The largest absolute Gasteiger partial charge is 0.478 e. The summed E-state index contributed by atoms with van der Waals surface area (Å²) in [5, 5.41) is 9.27. The molecule has 1 heterocycles. The van der Waals surface area contributed by atoms with Crippen molar-refractivity contribution in [2.45, 2.75) is 46.1 Å². The lowest BCUT2D eigenvalue weighted by Crippen LogP contribution is -2.32. The Balaban J connectivity index is 2.96. The zero-order valence-electron chi connectivity index (χ0n) is 11.7. The van der Waals surface area contributed by atoms with Gasteiger partial charge in [0.05, 0.1) is 10.6 Å². The molecule has 1 aromatic rings. The number of hydrogen-bond acceptors (Lipinski definition) is 3. The van der Waals surface area contributed by atoms with Gasteiger partial charge in [0.15, 0.2) is 0 Å². The highest BCUT2D eigenvalue weighted by Crippen LogP contribution is 2.22. The average molecular weight is 285 g/mol. The summed E-state index contributed by atoms with van der Waals surface area (Å²) in [6, 6.07) is 1.82. The Morgan fingerprint density at radius 2 is 2.16 bits per heavy atom. The Bertz CT molecular complexity index is 435. The van der Waals surface area contributed by atoms with Crippen LogP contribution in [0.25, 0.3) is 0 Å². The van der Waals surface area contributed by atoms with Crippen LogP contribution in [0.15, 0.2) is 12.3 Å². The Morgan fingerprint density at radius 3 is 2.68 bits per heavy atom. The maximum atomic E-state index is 11.1. The number of carboxylic acids is 1. The highest BCUT2D eigenvalue weighted by atomic mass is 35.5. The minimum absolute atomic E-state index is 0.104. The summed E-state index contributed by atoms with van der Waals surface area (Å²) >= 11 is 5.84. The van der Waals surface area contributed by atoms with E-state index < -0.39 is 5.97 Å². The van der Waals surface area contributed by atoms with Gasteiger partial charge < -0.3 is 10.0 Å². The lowest BCUT2D eigenvalue weighted by atomic mass is 10.2. The van der Waals surface area contributed by atoms with Gasteiger partial charge in [0.1, 0.15) is 5.82 Å². The molecule has 0 aliphatic rings. The second-order valence-electron chi connectivity index (χ2n) is 4.82. The van der Waals surface area contributed by atoms with Crippen LogP contribution in [0.1, 0.15) is 50.4 Å². The van der Waals surface area contributed by atoms with Crippen LogP contribution in [-0.2, 0) is 0 Å². The van der Waals surface area contributed by atoms with Gasteiger partial charge in [0, 0.05) is 18.8 Å². The highest BCUT2D eigenvalue weighted by Gasteiger charge is 2.16. The minimum Gasteiger partial charge on any atom is -0.478 e. The third-order valence-corrected chi connectivity index (χ3v) is 3.29. The van der Waals surface area contributed by atoms with E-state index in [1.54, 1.807) is 6.07 Å². The van der Waals surface area contributed by atoms with Crippen molar-refractivity contribution >= 4 is 23.4 Å². The number of unbranched alkanes of at least 4 members (excludes halogenated alkanes) is 2.